The first-order valence-electron chi connectivity index (χ1n) is 5.87. The quantitative estimate of drug-likeness (QED) is 0.592. The number of piperidine rings is 1. The second kappa shape index (κ2) is 6.06. The molecule has 98 valence electrons. The van der Waals surface area contributed by atoms with Crippen molar-refractivity contribution in [3.63, 3.8) is 0 Å². The van der Waals surface area contributed by atoms with E-state index in [1.165, 1.54) is 0 Å². The second-order valence-corrected chi connectivity index (χ2v) is 7.60. The summed E-state index contributed by atoms with van der Waals surface area (Å²) >= 11 is 10.5. The SMILES string of the molecule is CC1CCN(C(=O)c2cc(Br)ccc2Br)CC1Br. The lowest BCUT2D eigenvalue weighted by Crippen LogP contribution is -2.43. The fourth-order valence-electron chi connectivity index (χ4n) is 2.04. The van der Waals surface area contributed by atoms with Crippen LogP contribution < -0.4 is 0 Å². The average molecular weight is 440 g/mol. The minimum absolute atomic E-state index is 0.0968. The number of halogens is 3. The highest BCUT2D eigenvalue weighted by Gasteiger charge is 2.28. The predicted octanol–water partition coefficient (Wildman–Crippen LogP) is 4.46. The van der Waals surface area contributed by atoms with E-state index in [9.17, 15) is 4.79 Å². The van der Waals surface area contributed by atoms with Crippen molar-refractivity contribution in [2.75, 3.05) is 13.1 Å². The van der Waals surface area contributed by atoms with E-state index in [4.69, 9.17) is 0 Å². The van der Waals surface area contributed by atoms with Gasteiger partial charge >= 0.3 is 0 Å². The van der Waals surface area contributed by atoms with Crippen molar-refractivity contribution in [3.05, 3.63) is 32.7 Å². The van der Waals surface area contributed by atoms with Crippen LogP contribution in [0, 0.1) is 5.92 Å². The average Bonchev–Trinajstić information content (AvgIpc) is 2.35. The summed E-state index contributed by atoms with van der Waals surface area (Å²) < 4.78 is 1.77. The molecule has 0 bridgehead atoms. The lowest BCUT2D eigenvalue weighted by molar-refractivity contribution is 0.0705. The molecule has 1 aliphatic heterocycles. The zero-order valence-electron chi connectivity index (χ0n) is 10.00. The first kappa shape index (κ1) is 14.5. The standard InChI is InChI=1S/C13H14Br3NO/c1-8-4-5-17(7-12(8)16)13(18)10-6-9(14)2-3-11(10)15/h2-3,6,8,12H,4-5,7H2,1H3. The van der Waals surface area contributed by atoms with Gasteiger partial charge in [0, 0.05) is 26.9 Å². The third kappa shape index (κ3) is 3.17. The van der Waals surface area contributed by atoms with Crippen LogP contribution in [0.3, 0.4) is 0 Å². The van der Waals surface area contributed by atoms with E-state index in [2.05, 4.69) is 54.7 Å². The molecule has 0 N–H and O–H groups in total. The van der Waals surface area contributed by atoms with Gasteiger partial charge in [0.05, 0.1) is 5.56 Å². The van der Waals surface area contributed by atoms with E-state index < -0.39 is 0 Å². The molecule has 0 spiro atoms. The Hall–Kier alpha value is 0.130. The molecule has 2 nitrogen and oxygen atoms in total. The summed E-state index contributed by atoms with van der Waals surface area (Å²) in [7, 11) is 0. The van der Waals surface area contributed by atoms with Gasteiger partial charge in [-0.3, -0.25) is 4.79 Å². The van der Waals surface area contributed by atoms with Crippen LogP contribution in [0.2, 0.25) is 0 Å². The molecule has 0 aliphatic carbocycles. The van der Waals surface area contributed by atoms with Gasteiger partial charge in [-0.2, -0.15) is 0 Å². The summed E-state index contributed by atoms with van der Waals surface area (Å²) in [6.45, 7) is 3.83. The molecule has 1 amide bonds. The van der Waals surface area contributed by atoms with Gasteiger partial charge in [-0.15, -0.1) is 0 Å². The summed E-state index contributed by atoms with van der Waals surface area (Å²) in [4.78, 5) is 14.8. The Morgan fingerprint density at radius 2 is 2.11 bits per heavy atom. The van der Waals surface area contributed by atoms with Crippen LogP contribution in [0.5, 0.6) is 0 Å². The van der Waals surface area contributed by atoms with Gasteiger partial charge in [-0.05, 0) is 46.5 Å². The molecule has 1 aromatic rings. The first-order chi connectivity index (χ1) is 8.49. The number of amides is 1. The van der Waals surface area contributed by atoms with E-state index >= 15 is 0 Å². The topological polar surface area (TPSA) is 20.3 Å². The molecule has 0 saturated carbocycles. The number of rotatable bonds is 1. The highest BCUT2D eigenvalue weighted by molar-refractivity contribution is 9.11. The van der Waals surface area contributed by atoms with Gasteiger partial charge in [0.2, 0.25) is 0 Å². The highest BCUT2D eigenvalue weighted by atomic mass is 79.9. The molecule has 5 heteroatoms. The van der Waals surface area contributed by atoms with Crippen LogP contribution in [-0.4, -0.2) is 28.7 Å². The molecule has 0 radical (unpaired) electrons. The van der Waals surface area contributed by atoms with Crippen molar-refractivity contribution in [1.29, 1.82) is 0 Å². The van der Waals surface area contributed by atoms with Gasteiger partial charge in [-0.1, -0.05) is 38.8 Å². The molecule has 1 aromatic carbocycles. The van der Waals surface area contributed by atoms with E-state index in [-0.39, 0.29) is 5.91 Å². The predicted molar refractivity (Wildman–Crippen MR) is 84.2 cm³/mol. The molecule has 1 heterocycles. The number of nitrogens with zero attached hydrogens (tertiary/aromatic N) is 1. The Kier molecular flexibility index (Phi) is 4.89. The monoisotopic (exact) mass is 437 g/mol. The highest BCUT2D eigenvalue weighted by Crippen LogP contribution is 2.27. The van der Waals surface area contributed by atoms with Crippen molar-refractivity contribution in [2.45, 2.75) is 18.2 Å². The van der Waals surface area contributed by atoms with Crippen LogP contribution in [0.4, 0.5) is 0 Å². The molecular weight excluding hydrogens is 426 g/mol. The van der Waals surface area contributed by atoms with E-state index in [0.29, 0.717) is 10.7 Å². The summed E-state index contributed by atoms with van der Waals surface area (Å²) in [6.07, 6.45) is 1.05. The molecule has 0 aromatic heterocycles. The summed E-state index contributed by atoms with van der Waals surface area (Å²) in [5.74, 6) is 0.722. The largest absolute Gasteiger partial charge is 0.337 e. The molecular formula is C13H14Br3NO. The maximum Gasteiger partial charge on any atom is 0.255 e. The second-order valence-electron chi connectivity index (χ2n) is 4.66. The van der Waals surface area contributed by atoms with Crippen molar-refractivity contribution in [3.8, 4) is 0 Å². The van der Waals surface area contributed by atoms with Crippen molar-refractivity contribution < 1.29 is 4.79 Å². The summed E-state index contributed by atoms with van der Waals surface area (Å²) in [5, 5.41) is 0. The minimum atomic E-state index is 0.0968. The van der Waals surface area contributed by atoms with Gasteiger partial charge in [-0.25, -0.2) is 0 Å². The molecule has 18 heavy (non-hydrogen) atoms. The number of carbonyl (C=O) groups excluding carboxylic acids is 1. The van der Waals surface area contributed by atoms with Crippen LogP contribution in [0.15, 0.2) is 27.1 Å². The lowest BCUT2D eigenvalue weighted by Gasteiger charge is -2.34. The molecule has 2 rings (SSSR count). The molecule has 1 fully saturated rings. The number of hydrogen-bond acceptors (Lipinski definition) is 1. The van der Waals surface area contributed by atoms with Crippen LogP contribution >= 0.6 is 47.8 Å². The van der Waals surface area contributed by atoms with Crippen molar-refractivity contribution >= 4 is 53.7 Å². The van der Waals surface area contributed by atoms with Crippen LogP contribution in [0.1, 0.15) is 23.7 Å². The van der Waals surface area contributed by atoms with Gasteiger partial charge in [0.15, 0.2) is 0 Å². The Balaban J connectivity index is 2.19. The van der Waals surface area contributed by atoms with Crippen molar-refractivity contribution in [2.24, 2.45) is 5.92 Å². The summed E-state index contributed by atoms with van der Waals surface area (Å²) in [6, 6.07) is 5.69. The zero-order valence-corrected chi connectivity index (χ0v) is 14.8. The zero-order chi connectivity index (χ0) is 13.3. The van der Waals surface area contributed by atoms with E-state index in [1.807, 2.05) is 23.1 Å². The van der Waals surface area contributed by atoms with Gasteiger partial charge in [0.1, 0.15) is 0 Å². The number of benzene rings is 1. The van der Waals surface area contributed by atoms with Crippen molar-refractivity contribution in [1.82, 2.24) is 4.90 Å². The Bertz CT molecular complexity index is 464. The number of alkyl halides is 1. The van der Waals surface area contributed by atoms with E-state index in [1.54, 1.807) is 0 Å². The molecule has 1 saturated heterocycles. The number of likely N-dealkylation sites (tertiary alicyclic amines) is 1. The van der Waals surface area contributed by atoms with Gasteiger partial charge in [0.25, 0.3) is 5.91 Å². The molecule has 2 atom stereocenters. The smallest absolute Gasteiger partial charge is 0.255 e. The third-order valence-corrected chi connectivity index (χ3v) is 5.69. The number of hydrogen-bond donors (Lipinski definition) is 0. The fraction of sp³-hybridized carbons (Fsp3) is 0.462. The number of carbonyl (C=O) groups is 1. The van der Waals surface area contributed by atoms with Crippen LogP contribution in [0.25, 0.3) is 0 Å². The molecule has 2 unspecified atom stereocenters. The maximum absolute atomic E-state index is 12.5. The Labute approximate surface area is 133 Å². The first-order valence-corrected chi connectivity index (χ1v) is 8.37. The maximum atomic E-state index is 12.5. The normalized spacial score (nSPS) is 24.1. The minimum Gasteiger partial charge on any atom is -0.337 e. The lowest BCUT2D eigenvalue weighted by atomic mass is 9.98. The summed E-state index contributed by atoms with van der Waals surface area (Å²) in [5.41, 5.74) is 0.721. The molecule has 1 aliphatic rings. The Morgan fingerprint density at radius 1 is 1.39 bits per heavy atom. The Morgan fingerprint density at radius 3 is 2.78 bits per heavy atom. The van der Waals surface area contributed by atoms with E-state index in [0.717, 1.165) is 34.0 Å². The van der Waals surface area contributed by atoms with Crippen LogP contribution in [-0.2, 0) is 0 Å². The third-order valence-electron chi connectivity index (χ3n) is 3.31. The van der Waals surface area contributed by atoms with Gasteiger partial charge < -0.3 is 4.90 Å². The fourth-order valence-corrected chi connectivity index (χ4v) is 3.43.